The van der Waals surface area contributed by atoms with Crippen LogP contribution in [0, 0.1) is 0 Å². The van der Waals surface area contributed by atoms with Crippen molar-refractivity contribution in [2.24, 2.45) is 17.2 Å². The molecule has 0 bridgehead atoms. The van der Waals surface area contributed by atoms with Gasteiger partial charge < -0.3 is 33.2 Å². The highest BCUT2D eigenvalue weighted by Gasteiger charge is 2.22. The monoisotopic (exact) mass is 372 g/mol. The van der Waals surface area contributed by atoms with Crippen LogP contribution in [-0.4, -0.2) is 54.7 Å². The van der Waals surface area contributed by atoms with Crippen molar-refractivity contribution in [2.75, 3.05) is 13.1 Å². The lowest BCUT2D eigenvalue weighted by molar-refractivity contribution is -0.131. The first-order valence-electron chi connectivity index (χ1n) is 8.29. The molecule has 0 rings (SSSR count). The van der Waals surface area contributed by atoms with E-state index in [1.165, 1.54) is 6.92 Å². The molecule has 0 aromatic heterocycles. The lowest BCUT2D eigenvalue weighted by Crippen LogP contribution is -2.51. The Labute approximate surface area is 151 Å². The van der Waals surface area contributed by atoms with Gasteiger partial charge in [0.15, 0.2) is 0 Å². The van der Waals surface area contributed by atoms with Crippen LogP contribution in [0.1, 0.15) is 39.0 Å². The van der Waals surface area contributed by atoms with Crippen LogP contribution in [0.4, 0.5) is 0 Å². The molecule has 0 radical (unpaired) electrons. The maximum atomic E-state index is 12.1. The highest BCUT2D eigenvalue weighted by Crippen LogP contribution is 2.01. The molecule has 0 spiro atoms. The van der Waals surface area contributed by atoms with Gasteiger partial charge in [0.25, 0.3) is 0 Å². The minimum atomic E-state index is -1.07. The van der Waals surface area contributed by atoms with E-state index >= 15 is 0 Å². The van der Waals surface area contributed by atoms with Crippen molar-refractivity contribution < 1.29 is 24.0 Å². The van der Waals surface area contributed by atoms with Crippen molar-refractivity contribution in [2.45, 2.75) is 51.1 Å². The Morgan fingerprint density at radius 1 is 0.923 bits per heavy atom. The van der Waals surface area contributed by atoms with Crippen molar-refractivity contribution in [3.05, 3.63) is 0 Å². The summed E-state index contributed by atoms with van der Waals surface area (Å²) >= 11 is 0. The van der Waals surface area contributed by atoms with Gasteiger partial charge in [0, 0.05) is 13.3 Å². The van der Waals surface area contributed by atoms with Gasteiger partial charge in [-0.05, 0) is 32.2 Å². The van der Waals surface area contributed by atoms with Gasteiger partial charge in [0.1, 0.15) is 12.1 Å². The van der Waals surface area contributed by atoms with E-state index in [0.717, 1.165) is 0 Å². The van der Waals surface area contributed by atoms with E-state index in [4.69, 9.17) is 17.2 Å². The van der Waals surface area contributed by atoms with E-state index in [9.17, 15) is 24.0 Å². The van der Waals surface area contributed by atoms with Crippen molar-refractivity contribution in [3.63, 3.8) is 0 Å². The lowest BCUT2D eigenvalue weighted by atomic mass is 10.1. The molecule has 2 atom stereocenters. The maximum Gasteiger partial charge on any atom is 0.243 e. The Morgan fingerprint density at radius 3 is 2.08 bits per heavy atom. The van der Waals surface area contributed by atoms with Crippen LogP contribution in [0.3, 0.4) is 0 Å². The standard InChI is InChI=1S/C15H28N6O5/c1-9(22)20-11(4-2-3-7-16)15(26)19-8-13(24)21-10(14(18)25)5-6-12(17)23/h10-11H,2-8,16H2,1H3,(H2,17,23)(H2,18,25)(H,19,26)(H,20,22)(H,21,24)/t10-,11-/m0/s1. The fourth-order valence-electron chi connectivity index (χ4n) is 2.12. The molecule has 26 heavy (non-hydrogen) atoms. The molecule has 0 aliphatic heterocycles. The second-order valence-electron chi connectivity index (χ2n) is 5.78. The number of unbranched alkanes of at least 4 members (excludes halogenated alkanes) is 1. The maximum absolute atomic E-state index is 12.1. The molecule has 0 aliphatic rings. The summed E-state index contributed by atoms with van der Waals surface area (Å²) in [5.41, 5.74) is 15.5. The van der Waals surface area contributed by atoms with E-state index in [0.29, 0.717) is 25.8 Å². The third-order valence-electron chi connectivity index (χ3n) is 3.42. The predicted octanol–water partition coefficient (Wildman–Crippen LogP) is -3.03. The van der Waals surface area contributed by atoms with Gasteiger partial charge in [-0.2, -0.15) is 0 Å². The fourth-order valence-corrected chi connectivity index (χ4v) is 2.12. The molecule has 0 aliphatic carbocycles. The van der Waals surface area contributed by atoms with Crippen LogP contribution in [0.15, 0.2) is 0 Å². The number of rotatable bonds is 13. The summed E-state index contributed by atoms with van der Waals surface area (Å²) in [4.78, 5) is 57.2. The Bertz CT molecular complexity index is 525. The molecule has 0 fully saturated rings. The highest BCUT2D eigenvalue weighted by atomic mass is 16.2. The van der Waals surface area contributed by atoms with Gasteiger partial charge in [-0.1, -0.05) is 0 Å². The summed E-state index contributed by atoms with van der Waals surface area (Å²) < 4.78 is 0. The summed E-state index contributed by atoms with van der Waals surface area (Å²) in [5, 5.41) is 7.21. The van der Waals surface area contributed by atoms with Crippen LogP contribution < -0.4 is 33.2 Å². The third-order valence-corrected chi connectivity index (χ3v) is 3.42. The Kier molecular flexibility index (Phi) is 11.3. The van der Waals surface area contributed by atoms with Gasteiger partial charge in [0.05, 0.1) is 6.54 Å². The molecule has 0 unspecified atom stereocenters. The zero-order valence-electron chi connectivity index (χ0n) is 14.9. The molecule has 0 aromatic rings. The van der Waals surface area contributed by atoms with Crippen LogP contribution in [-0.2, 0) is 24.0 Å². The minimum absolute atomic E-state index is 0.0298. The molecule has 0 heterocycles. The Hall–Kier alpha value is -2.69. The third kappa shape index (κ3) is 11.0. The highest BCUT2D eigenvalue weighted by molar-refractivity contribution is 5.92. The van der Waals surface area contributed by atoms with E-state index in [1.807, 2.05) is 0 Å². The number of carbonyl (C=O) groups excluding carboxylic acids is 5. The summed E-state index contributed by atoms with van der Waals surface area (Å²) in [6, 6.07) is -1.85. The fraction of sp³-hybridized carbons (Fsp3) is 0.667. The first kappa shape index (κ1) is 23.3. The normalized spacial score (nSPS) is 12.5. The van der Waals surface area contributed by atoms with E-state index < -0.39 is 42.3 Å². The molecule has 0 saturated carbocycles. The number of primary amides is 2. The van der Waals surface area contributed by atoms with Crippen LogP contribution in [0.25, 0.3) is 0 Å². The molecule has 11 nitrogen and oxygen atoms in total. The van der Waals surface area contributed by atoms with Crippen molar-refractivity contribution in [1.82, 2.24) is 16.0 Å². The molecular formula is C15H28N6O5. The number of carbonyl (C=O) groups is 5. The molecular weight excluding hydrogens is 344 g/mol. The van der Waals surface area contributed by atoms with Gasteiger partial charge in [-0.25, -0.2) is 0 Å². The average molecular weight is 372 g/mol. The van der Waals surface area contributed by atoms with Crippen molar-refractivity contribution in [3.8, 4) is 0 Å². The molecule has 9 N–H and O–H groups in total. The molecule has 5 amide bonds. The SMILES string of the molecule is CC(=O)N[C@@H](CCCCN)C(=O)NCC(=O)N[C@@H](CCC(N)=O)C(N)=O. The summed E-state index contributed by atoms with van der Waals surface area (Å²) in [6.45, 7) is 1.34. The zero-order valence-corrected chi connectivity index (χ0v) is 14.9. The molecule has 0 saturated heterocycles. The van der Waals surface area contributed by atoms with Gasteiger partial charge >= 0.3 is 0 Å². The van der Waals surface area contributed by atoms with Gasteiger partial charge in [0.2, 0.25) is 29.5 Å². The van der Waals surface area contributed by atoms with Crippen LogP contribution in [0.5, 0.6) is 0 Å². The van der Waals surface area contributed by atoms with Crippen molar-refractivity contribution >= 4 is 29.5 Å². The van der Waals surface area contributed by atoms with E-state index in [2.05, 4.69) is 16.0 Å². The summed E-state index contributed by atoms with van der Waals surface area (Å²) in [6.07, 6.45) is 1.57. The van der Waals surface area contributed by atoms with Gasteiger partial charge in [-0.3, -0.25) is 24.0 Å². The molecule has 11 heteroatoms. The number of hydrogen-bond donors (Lipinski definition) is 6. The average Bonchev–Trinajstić information content (AvgIpc) is 2.54. The number of nitrogens with two attached hydrogens (primary N) is 3. The van der Waals surface area contributed by atoms with Crippen LogP contribution >= 0.6 is 0 Å². The predicted molar refractivity (Wildman–Crippen MR) is 93.1 cm³/mol. The molecule has 0 aromatic carbocycles. The zero-order chi connectivity index (χ0) is 20.1. The Morgan fingerprint density at radius 2 is 1.58 bits per heavy atom. The first-order valence-corrected chi connectivity index (χ1v) is 8.29. The molecule has 148 valence electrons. The quantitative estimate of drug-likeness (QED) is 0.186. The summed E-state index contributed by atoms with van der Waals surface area (Å²) in [7, 11) is 0. The topological polar surface area (TPSA) is 200 Å². The largest absolute Gasteiger partial charge is 0.370 e. The summed E-state index contributed by atoms with van der Waals surface area (Å²) in [5.74, 6) is -3.00. The lowest BCUT2D eigenvalue weighted by Gasteiger charge is -2.18. The van der Waals surface area contributed by atoms with E-state index in [-0.39, 0.29) is 18.7 Å². The van der Waals surface area contributed by atoms with Crippen molar-refractivity contribution in [1.29, 1.82) is 0 Å². The van der Waals surface area contributed by atoms with E-state index in [1.54, 1.807) is 0 Å². The minimum Gasteiger partial charge on any atom is -0.370 e. The first-order chi connectivity index (χ1) is 12.2. The van der Waals surface area contributed by atoms with Gasteiger partial charge in [-0.15, -0.1) is 0 Å². The van der Waals surface area contributed by atoms with Crippen LogP contribution in [0.2, 0.25) is 0 Å². The second kappa shape index (κ2) is 12.6. The Balaban J connectivity index is 4.52. The number of hydrogen-bond acceptors (Lipinski definition) is 6. The smallest absolute Gasteiger partial charge is 0.243 e. The second-order valence-corrected chi connectivity index (χ2v) is 5.78. The number of nitrogens with one attached hydrogen (secondary N) is 3. The number of amides is 5.